The van der Waals surface area contributed by atoms with Crippen molar-refractivity contribution in [3.05, 3.63) is 41.8 Å². The Morgan fingerprint density at radius 3 is 3.10 bits per heavy atom. The van der Waals surface area contributed by atoms with Gasteiger partial charge < -0.3 is 10.3 Å². The highest BCUT2D eigenvalue weighted by molar-refractivity contribution is 7.99. The minimum Gasteiger partial charge on any atom is -0.339 e. The van der Waals surface area contributed by atoms with Crippen molar-refractivity contribution < 1.29 is 8.91 Å². The first kappa shape index (κ1) is 13.9. The third-order valence-corrected chi connectivity index (χ3v) is 5.29. The highest BCUT2D eigenvalue weighted by Crippen LogP contribution is 2.31. The Hall–Kier alpha value is -1.05. The van der Waals surface area contributed by atoms with E-state index in [2.05, 4.69) is 10.1 Å². The molecule has 0 spiro atoms. The van der Waals surface area contributed by atoms with E-state index in [4.69, 9.17) is 10.3 Å². The molecule has 1 aromatic carbocycles. The Bertz CT molecular complexity index is 593. The minimum absolute atomic E-state index is 0.0872. The predicted octanol–water partition coefficient (Wildman–Crippen LogP) is 2.66. The number of rotatable bonds is 4. The number of thioether (sulfide) groups is 2. The Labute approximate surface area is 124 Å². The van der Waals surface area contributed by atoms with E-state index in [0.717, 1.165) is 16.4 Å². The molecule has 2 aromatic rings. The molecular weight excluding hydrogens is 297 g/mol. The summed E-state index contributed by atoms with van der Waals surface area (Å²) < 4.78 is 18.4. The maximum absolute atomic E-state index is 13.1. The predicted molar refractivity (Wildman–Crippen MR) is 78.3 cm³/mol. The van der Waals surface area contributed by atoms with Crippen LogP contribution >= 0.6 is 23.5 Å². The molecule has 0 saturated carbocycles. The zero-order valence-electron chi connectivity index (χ0n) is 10.7. The normalized spacial score (nSPS) is 22.3. The van der Waals surface area contributed by atoms with Crippen molar-refractivity contribution in [1.82, 2.24) is 10.1 Å². The summed E-state index contributed by atoms with van der Waals surface area (Å²) in [7, 11) is 0. The summed E-state index contributed by atoms with van der Waals surface area (Å²) in [5.74, 6) is 3.58. The van der Waals surface area contributed by atoms with Crippen LogP contribution in [0.3, 0.4) is 0 Å². The molecule has 1 saturated heterocycles. The van der Waals surface area contributed by atoms with Crippen LogP contribution in [0.4, 0.5) is 4.39 Å². The van der Waals surface area contributed by atoms with Crippen molar-refractivity contribution >= 4 is 23.5 Å². The average molecular weight is 311 g/mol. The summed E-state index contributed by atoms with van der Waals surface area (Å²) in [6.07, 6.45) is 0. The van der Waals surface area contributed by atoms with Gasteiger partial charge in [-0.15, -0.1) is 11.8 Å². The van der Waals surface area contributed by atoms with E-state index in [9.17, 15) is 4.39 Å². The maximum Gasteiger partial charge on any atom is 0.232 e. The molecule has 20 heavy (non-hydrogen) atoms. The van der Waals surface area contributed by atoms with Crippen LogP contribution in [0, 0.1) is 5.82 Å². The summed E-state index contributed by atoms with van der Waals surface area (Å²) in [6.45, 7) is 0. The lowest BCUT2D eigenvalue weighted by Gasteiger charge is -2.07. The summed E-state index contributed by atoms with van der Waals surface area (Å²) in [6, 6.07) is 6.56. The first-order chi connectivity index (χ1) is 9.72. The first-order valence-corrected chi connectivity index (χ1v) is 8.40. The van der Waals surface area contributed by atoms with E-state index in [0.29, 0.717) is 17.5 Å². The van der Waals surface area contributed by atoms with Crippen LogP contribution in [-0.2, 0) is 5.75 Å². The number of halogens is 1. The SMILES string of the molecule is NC1CSCC1c1nc(CSc2cccc(F)c2)no1. The topological polar surface area (TPSA) is 64.9 Å². The molecule has 1 aromatic heterocycles. The average Bonchev–Trinajstić information content (AvgIpc) is 3.05. The Morgan fingerprint density at radius 2 is 2.35 bits per heavy atom. The number of nitrogens with zero attached hydrogens (tertiary/aromatic N) is 2. The van der Waals surface area contributed by atoms with Crippen molar-refractivity contribution in [3.8, 4) is 0 Å². The second kappa shape index (κ2) is 6.15. The van der Waals surface area contributed by atoms with Gasteiger partial charge in [0.1, 0.15) is 5.82 Å². The molecule has 0 radical (unpaired) electrons. The van der Waals surface area contributed by atoms with Gasteiger partial charge in [-0.1, -0.05) is 11.2 Å². The fourth-order valence-corrected chi connectivity index (χ4v) is 4.07. The minimum atomic E-state index is -0.238. The maximum atomic E-state index is 13.1. The van der Waals surface area contributed by atoms with Gasteiger partial charge in [-0.05, 0) is 18.2 Å². The van der Waals surface area contributed by atoms with Crippen molar-refractivity contribution in [2.24, 2.45) is 5.73 Å². The quantitative estimate of drug-likeness (QED) is 0.876. The van der Waals surface area contributed by atoms with Gasteiger partial charge in [-0.3, -0.25) is 0 Å². The van der Waals surface area contributed by atoms with E-state index < -0.39 is 0 Å². The second-order valence-corrected chi connectivity index (χ2v) is 6.73. The molecule has 1 aliphatic heterocycles. The number of aromatic nitrogens is 2. The largest absolute Gasteiger partial charge is 0.339 e. The van der Waals surface area contributed by atoms with Crippen LogP contribution in [0.15, 0.2) is 33.7 Å². The fourth-order valence-electron chi connectivity index (χ4n) is 2.01. The molecule has 4 nitrogen and oxygen atoms in total. The van der Waals surface area contributed by atoms with E-state index in [1.54, 1.807) is 17.8 Å². The highest BCUT2D eigenvalue weighted by Gasteiger charge is 2.30. The van der Waals surface area contributed by atoms with Crippen molar-refractivity contribution in [2.75, 3.05) is 11.5 Å². The molecule has 0 aliphatic carbocycles. The van der Waals surface area contributed by atoms with Crippen LogP contribution in [0.2, 0.25) is 0 Å². The lowest BCUT2D eigenvalue weighted by molar-refractivity contribution is 0.349. The number of nitrogens with two attached hydrogens (primary N) is 1. The molecule has 1 aliphatic rings. The molecule has 0 bridgehead atoms. The van der Waals surface area contributed by atoms with Gasteiger partial charge in [0.15, 0.2) is 5.82 Å². The summed E-state index contributed by atoms with van der Waals surface area (Å²) in [4.78, 5) is 5.25. The molecule has 2 atom stereocenters. The van der Waals surface area contributed by atoms with Crippen molar-refractivity contribution in [3.63, 3.8) is 0 Å². The van der Waals surface area contributed by atoms with Gasteiger partial charge in [0.05, 0.1) is 11.7 Å². The van der Waals surface area contributed by atoms with Crippen LogP contribution in [-0.4, -0.2) is 27.7 Å². The van der Waals surface area contributed by atoms with Gasteiger partial charge in [0, 0.05) is 22.4 Å². The zero-order chi connectivity index (χ0) is 13.9. The fraction of sp³-hybridized carbons (Fsp3) is 0.385. The van der Waals surface area contributed by atoms with Crippen LogP contribution in [0.1, 0.15) is 17.6 Å². The molecular formula is C13H14FN3OS2. The Kier molecular flexibility index (Phi) is 4.28. The lowest BCUT2D eigenvalue weighted by atomic mass is 10.1. The van der Waals surface area contributed by atoms with E-state index in [-0.39, 0.29) is 17.8 Å². The van der Waals surface area contributed by atoms with Gasteiger partial charge in [0.2, 0.25) is 5.89 Å². The molecule has 2 heterocycles. The third kappa shape index (κ3) is 3.16. The summed E-state index contributed by atoms with van der Waals surface area (Å²) >= 11 is 3.29. The zero-order valence-corrected chi connectivity index (χ0v) is 12.3. The first-order valence-electron chi connectivity index (χ1n) is 6.26. The number of hydrogen-bond acceptors (Lipinski definition) is 6. The molecule has 2 N–H and O–H groups in total. The Balaban J connectivity index is 1.63. The molecule has 3 rings (SSSR count). The van der Waals surface area contributed by atoms with E-state index in [1.807, 2.05) is 6.07 Å². The molecule has 1 fully saturated rings. The van der Waals surface area contributed by atoms with Gasteiger partial charge in [-0.2, -0.15) is 16.7 Å². The van der Waals surface area contributed by atoms with Gasteiger partial charge in [0.25, 0.3) is 0 Å². The number of hydrogen-bond donors (Lipinski definition) is 1. The molecule has 7 heteroatoms. The van der Waals surface area contributed by atoms with Gasteiger partial charge in [-0.25, -0.2) is 4.39 Å². The lowest BCUT2D eigenvalue weighted by Crippen LogP contribution is -2.26. The van der Waals surface area contributed by atoms with Gasteiger partial charge >= 0.3 is 0 Å². The molecule has 0 amide bonds. The van der Waals surface area contributed by atoms with E-state index in [1.165, 1.54) is 23.9 Å². The third-order valence-electron chi connectivity index (χ3n) is 3.09. The van der Waals surface area contributed by atoms with E-state index >= 15 is 0 Å². The monoisotopic (exact) mass is 311 g/mol. The van der Waals surface area contributed by atoms with Crippen LogP contribution < -0.4 is 5.73 Å². The number of benzene rings is 1. The summed E-state index contributed by atoms with van der Waals surface area (Å²) in [5, 5.41) is 3.97. The highest BCUT2D eigenvalue weighted by atomic mass is 32.2. The molecule has 2 unspecified atom stereocenters. The van der Waals surface area contributed by atoms with Crippen LogP contribution in [0.5, 0.6) is 0 Å². The van der Waals surface area contributed by atoms with Crippen molar-refractivity contribution in [1.29, 1.82) is 0 Å². The van der Waals surface area contributed by atoms with Crippen molar-refractivity contribution in [2.45, 2.75) is 22.6 Å². The molecule has 106 valence electrons. The smallest absolute Gasteiger partial charge is 0.232 e. The Morgan fingerprint density at radius 1 is 1.45 bits per heavy atom. The second-order valence-electron chi connectivity index (χ2n) is 4.60. The van der Waals surface area contributed by atoms with Crippen LogP contribution in [0.25, 0.3) is 0 Å². The standard InChI is InChI=1S/C13H14FN3OS2/c14-8-2-1-3-9(4-8)20-7-12-16-13(18-17-12)10-5-19-6-11(10)15/h1-4,10-11H,5-7,15H2. The summed E-state index contributed by atoms with van der Waals surface area (Å²) in [5.41, 5.74) is 6.01.